The normalized spacial score (nSPS) is 17.7. The smallest absolute Gasteiger partial charge is 0.253 e. The largest absolute Gasteiger partial charge is 0.421 e. The molecule has 0 saturated carbocycles. The van der Waals surface area contributed by atoms with Crippen LogP contribution in [0.4, 0.5) is 0 Å². The Kier molecular flexibility index (Phi) is 6.94. The van der Waals surface area contributed by atoms with Crippen molar-refractivity contribution in [3.8, 4) is 11.5 Å². The van der Waals surface area contributed by atoms with Crippen LogP contribution >= 0.6 is 0 Å². The summed E-state index contributed by atoms with van der Waals surface area (Å²) in [6.45, 7) is 4.65. The molecule has 35 heavy (non-hydrogen) atoms. The van der Waals surface area contributed by atoms with E-state index in [1.807, 2.05) is 35.2 Å². The minimum atomic E-state index is -3.47. The summed E-state index contributed by atoms with van der Waals surface area (Å²) in [6, 6.07) is 16.0. The Hall–Kier alpha value is -3.08. The Morgan fingerprint density at radius 3 is 2.23 bits per heavy atom. The van der Waals surface area contributed by atoms with Gasteiger partial charge in [-0.25, -0.2) is 8.42 Å². The van der Waals surface area contributed by atoms with Gasteiger partial charge >= 0.3 is 0 Å². The lowest BCUT2D eigenvalue weighted by Gasteiger charge is -2.34. The third-order valence-electron chi connectivity index (χ3n) is 6.59. The molecular formula is C25H29N5O4S. The molecule has 3 heterocycles. The van der Waals surface area contributed by atoms with Crippen LogP contribution in [0.1, 0.15) is 29.1 Å². The lowest BCUT2D eigenvalue weighted by Crippen LogP contribution is -2.49. The highest BCUT2D eigenvalue weighted by atomic mass is 32.2. The number of hydrogen-bond donors (Lipinski definition) is 0. The van der Waals surface area contributed by atoms with E-state index in [1.165, 1.54) is 4.31 Å². The van der Waals surface area contributed by atoms with Crippen LogP contribution in [0.3, 0.4) is 0 Å². The number of carbonyl (C=O) groups is 1. The molecule has 9 nitrogen and oxygen atoms in total. The van der Waals surface area contributed by atoms with Crippen molar-refractivity contribution in [2.45, 2.75) is 24.2 Å². The molecule has 0 N–H and O–H groups in total. The van der Waals surface area contributed by atoms with Crippen molar-refractivity contribution in [1.29, 1.82) is 0 Å². The zero-order valence-corrected chi connectivity index (χ0v) is 20.4. The van der Waals surface area contributed by atoms with Crippen molar-refractivity contribution < 1.29 is 17.6 Å². The van der Waals surface area contributed by atoms with Gasteiger partial charge in [0.05, 0.1) is 4.90 Å². The van der Waals surface area contributed by atoms with Crippen molar-refractivity contribution >= 4 is 15.9 Å². The minimum absolute atomic E-state index is 0.0702. The summed E-state index contributed by atoms with van der Waals surface area (Å²) in [5.74, 6) is 1.06. The quantitative estimate of drug-likeness (QED) is 0.497. The van der Waals surface area contributed by atoms with Gasteiger partial charge in [-0.3, -0.25) is 9.69 Å². The number of sulfonamides is 1. The first-order valence-corrected chi connectivity index (χ1v) is 13.4. The molecule has 2 aliphatic heterocycles. The van der Waals surface area contributed by atoms with Gasteiger partial charge in [0.2, 0.25) is 21.8 Å². The SMILES string of the molecule is O=C(c1ccc(S(=O)(=O)N2CCCC2)cc1)N1CCN(CCc2nnc(-c3ccccc3)o2)CC1. The van der Waals surface area contributed by atoms with Crippen molar-refractivity contribution in [2.75, 3.05) is 45.8 Å². The molecule has 0 radical (unpaired) electrons. The van der Waals surface area contributed by atoms with E-state index in [0.717, 1.165) is 38.0 Å². The van der Waals surface area contributed by atoms with E-state index < -0.39 is 10.0 Å². The second-order valence-electron chi connectivity index (χ2n) is 8.89. The van der Waals surface area contributed by atoms with Gasteiger partial charge in [0, 0.05) is 63.4 Å². The molecule has 2 aromatic carbocycles. The third-order valence-corrected chi connectivity index (χ3v) is 8.51. The molecule has 1 aromatic heterocycles. The minimum Gasteiger partial charge on any atom is -0.421 e. The molecule has 0 spiro atoms. The summed E-state index contributed by atoms with van der Waals surface area (Å²) in [5, 5.41) is 8.29. The number of carbonyl (C=O) groups excluding carboxylic acids is 1. The van der Waals surface area contributed by atoms with E-state index in [9.17, 15) is 13.2 Å². The summed E-state index contributed by atoms with van der Waals surface area (Å²) in [6.07, 6.45) is 2.44. The maximum absolute atomic E-state index is 13.0. The van der Waals surface area contributed by atoms with Gasteiger partial charge < -0.3 is 9.32 Å². The van der Waals surface area contributed by atoms with Crippen LogP contribution in [0.5, 0.6) is 0 Å². The summed E-state index contributed by atoms with van der Waals surface area (Å²) in [4.78, 5) is 17.3. The molecule has 5 rings (SSSR count). The van der Waals surface area contributed by atoms with Gasteiger partial charge in [0.1, 0.15) is 0 Å². The second kappa shape index (κ2) is 10.3. The third kappa shape index (κ3) is 5.29. The fraction of sp³-hybridized carbons (Fsp3) is 0.400. The number of aromatic nitrogens is 2. The first-order chi connectivity index (χ1) is 17.0. The molecule has 3 aromatic rings. The summed E-state index contributed by atoms with van der Waals surface area (Å²) < 4.78 is 32.7. The highest BCUT2D eigenvalue weighted by molar-refractivity contribution is 7.89. The topological polar surface area (TPSA) is 99.9 Å². The lowest BCUT2D eigenvalue weighted by molar-refractivity contribution is 0.0636. The molecule has 0 unspecified atom stereocenters. The zero-order valence-electron chi connectivity index (χ0n) is 19.5. The van der Waals surface area contributed by atoms with Crippen LogP contribution in [0, 0.1) is 0 Å². The molecule has 10 heteroatoms. The van der Waals surface area contributed by atoms with Crippen LogP contribution in [0.2, 0.25) is 0 Å². The van der Waals surface area contributed by atoms with Gasteiger partial charge in [-0.15, -0.1) is 10.2 Å². The highest BCUT2D eigenvalue weighted by Crippen LogP contribution is 2.22. The van der Waals surface area contributed by atoms with Crippen molar-refractivity contribution in [3.63, 3.8) is 0 Å². The highest BCUT2D eigenvalue weighted by Gasteiger charge is 2.28. The van der Waals surface area contributed by atoms with E-state index in [2.05, 4.69) is 15.1 Å². The fourth-order valence-electron chi connectivity index (χ4n) is 4.51. The van der Waals surface area contributed by atoms with Gasteiger partial charge in [-0.2, -0.15) is 4.31 Å². The zero-order chi connectivity index (χ0) is 24.3. The monoisotopic (exact) mass is 495 g/mol. The predicted octanol–water partition coefficient (Wildman–Crippen LogP) is 2.52. The molecule has 0 aliphatic carbocycles. The van der Waals surface area contributed by atoms with Gasteiger partial charge in [0.15, 0.2) is 0 Å². The van der Waals surface area contributed by atoms with Crippen LogP contribution < -0.4 is 0 Å². The maximum atomic E-state index is 13.0. The Morgan fingerprint density at radius 1 is 0.857 bits per heavy atom. The Labute approximate surface area is 205 Å². The van der Waals surface area contributed by atoms with Crippen molar-refractivity contribution in [2.24, 2.45) is 0 Å². The van der Waals surface area contributed by atoms with Crippen LogP contribution in [-0.2, 0) is 16.4 Å². The van der Waals surface area contributed by atoms with Crippen LogP contribution in [0.15, 0.2) is 63.9 Å². The van der Waals surface area contributed by atoms with Gasteiger partial charge in [0.25, 0.3) is 5.91 Å². The number of hydrogen-bond acceptors (Lipinski definition) is 7. The molecular weight excluding hydrogens is 466 g/mol. The van der Waals surface area contributed by atoms with E-state index in [0.29, 0.717) is 49.9 Å². The van der Waals surface area contributed by atoms with Crippen molar-refractivity contribution in [3.05, 3.63) is 66.1 Å². The van der Waals surface area contributed by atoms with E-state index in [4.69, 9.17) is 4.42 Å². The van der Waals surface area contributed by atoms with E-state index >= 15 is 0 Å². The number of benzene rings is 2. The number of piperazine rings is 1. The van der Waals surface area contributed by atoms with Gasteiger partial charge in [-0.1, -0.05) is 18.2 Å². The summed E-state index contributed by atoms with van der Waals surface area (Å²) in [7, 11) is -3.47. The molecule has 2 aliphatic rings. The standard InChI is InChI=1S/C25H29N5O4S/c31-25(21-8-10-22(11-9-21)35(32,33)30-13-4-5-14-30)29-18-16-28(17-19-29)15-12-23-26-27-24(34-23)20-6-2-1-3-7-20/h1-3,6-11H,4-5,12-19H2. The molecule has 1 amide bonds. The van der Waals surface area contributed by atoms with Crippen LogP contribution in [-0.4, -0.2) is 84.4 Å². The molecule has 184 valence electrons. The van der Waals surface area contributed by atoms with Crippen molar-refractivity contribution in [1.82, 2.24) is 24.3 Å². The maximum Gasteiger partial charge on any atom is 0.253 e. The Bertz CT molecular complexity index is 1250. The number of amides is 1. The number of rotatable bonds is 7. The average Bonchev–Trinajstić information content (AvgIpc) is 3.61. The Balaban J connectivity index is 1.11. The Morgan fingerprint density at radius 2 is 1.54 bits per heavy atom. The summed E-state index contributed by atoms with van der Waals surface area (Å²) in [5.41, 5.74) is 1.41. The molecule has 0 bridgehead atoms. The van der Waals surface area contributed by atoms with E-state index in [-0.39, 0.29) is 10.8 Å². The fourth-order valence-corrected chi connectivity index (χ4v) is 6.03. The molecule has 2 fully saturated rings. The average molecular weight is 496 g/mol. The molecule has 2 saturated heterocycles. The summed E-state index contributed by atoms with van der Waals surface area (Å²) >= 11 is 0. The van der Waals surface area contributed by atoms with E-state index in [1.54, 1.807) is 24.3 Å². The van der Waals surface area contributed by atoms with Gasteiger partial charge in [-0.05, 0) is 49.2 Å². The lowest BCUT2D eigenvalue weighted by atomic mass is 10.2. The predicted molar refractivity (Wildman–Crippen MR) is 130 cm³/mol. The first kappa shape index (κ1) is 23.7. The van der Waals surface area contributed by atoms with Crippen LogP contribution in [0.25, 0.3) is 11.5 Å². The number of nitrogens with zero attached hydrogens (tertiary/aromatic N) is 5. The first-order valence-electron chi connectivity index (χ1n) is 12.0. The molecule has 0 atom stereocenters. The second-order valence-corrected chi connectivity index (χ2v) is 10.8.